The SMILES string of the molecule is CS(=O)(=O)c1cccc(N2CCN(CC3(F)CCN(CC(F)(F)F)CC3)[C@@H](c3ccc(F)cc3)C2)c1. The molecule has 2 aromatic carbocycles. The van der Waals surface area contributed by atoms with Crippen LogP contribution in [0.25, 0.3) is 0 Å². The number of sulfone groups is 1. The Morgan fingerprint density at radius 1 is 1.00 bits per heavy atom. The average molecular weight is 532 g/mol. The van der Waals surface area contributed by atoms with Gasteiger partial charge in [-0.05, 0) is 48.7 Å². The molecular weight excluding hydrogens is 501 g/mol. The maximum atomic E-state index is 15.8. The molecule has 2 aliphatic heterocycles. The fraction of sp³-hybridized carbons (Fsp3) is 0.520. The first-order valence-electron chi connectivity index (χ1n) is 11.8. The van der Waals surface area contributed by atoms with Crippen molar-refractivity contribution in [3.8, 4) is 0 Å². The monoisotopic (exact) mass is 531 g/mol. The molecule has 2 saturated heterocycles. The highest BCUT2D eigenvalue weighted by atomic mass is 32.2. The second-order valence-corrected chi connectivity index (χ2v) is 11.8. The lowest BCUT2D eigenvalue weighted by Crippen LogP contribution is -2.55. The number of benzene rings is 2. The smallest absolute Gasteiger partial charge is 0.368 e. The van der Waals surface area contributed by atoms with E-state index in [4.69, 9.17) is 0 Å². The van der Waals surface area contributed by atoms with Crippen molar-refractivity contribution in [2.24, 2.45) is 0 Å². The van der Waals surface area contributed by atoms with E-state index in [0.717, 1.165) is 17.5 Å². The molecule has 0 unspecified atom stereocenters. The largest absolute Gasteiger partial charge is 0.401 e. The van der Waals surface area contributed by atoms with Crippen molar-refractivity contribution in [2.75, 3.05) is 57.0 Å². The van der Waals surface area contributed by atoms with Gasteiger partial charge in [-0.2, -0.15) is 13.2 Å². The summed E-state index contributed by atoms with van der Waals surface area (Å²) in [4.78, 5) is 5.44. The molecule has 198 valence electrons. The Balaban J connectivity index is 1.52. The lowest BCUT2D eigenvalue weighted by Gasteiger charge is -2.46. The van der Waals surface area contributed by atoms with Crippen LogP contribution in [0.2, 0.25) is 0 Å². The Hall–Kier alpha value is -2.24. The van der Waals surface area contributed by atoms with Gasteiger partial charge in [0.2, 0.25) is 0 Å². The first-order chi connectivity index (χ1) is 16.8. The predicted molar refractivity (Wildman–Crippen MR) is 128 cm³/mol. The molecule has 2 fully saturated rings. The van der Waals surface area contributed by atoms with Crippen LogP contribution in [0.4, 0.5) is 27.6 Å². The van der Waals surface area contributed by atoms with Crippen molar-refractivity contribution < 1.29 is 30.4 Å². The molecule has 0 spiro atoms. The molecule has 4 rings (SSSR count). The third-order valence-electron chi connectivity index (χ3n) is 7.00. The van der Waals surface area contributed by atoms with Crippen LogP contribution in [0.5, 0.6) is 0 Å². The van der Waals surface area contributed by atoms with E-state index < -0.39 is 34.0 Å². The summed E-state index contributed by atoms with van der Waals surface area (Å²) in [6.07, 6.45) is -3.15. The summed E-state index contributed by atoms with van der Waals surface area (Å²) >= 11 is 0. The van der Waals surface area contributed by atoms with E-state index >= 15 is 4.39 Å². The molecule has 5 nitrogen and oxygen atoms in total. The Kier molecular flexibility index (Phi) is 7.64. The maximum absolute atomic E-state index is 15.8. The number of halogens is 5. The number of piperazine rings is 1. The van der Waals surface area contributed by atoms with Crippen LogP contribution in [0.1, 0.15) is 24.4 Å². The topological polar surface area (TPSA) is 43.9 Å². The molecule has 2 heterocycles. The Bertz CT molecular complexity index is 1150. The summed E-state index contributed by atoms with van der Waals surface area (Å²) in [5.41, 5.74) is -0.114. The fourth-order valence-corrected chi connectivity index (χ4v) is 5.70. The van der Waals surface area contributed by atoms with Crippen LogP contribution in [0, 0.1) is 5.82 Å². The van der Waals surface area contributed by atoms with E-state index in [1.165, 1.54) is 23.1 Å². The second-order valence-electron chi connectivity index (χ2n) is 9.80. The van der Waals surface area contributed by atoms with E-state index in [9.17, 15) is 26.0 Å². The molecule has 0 aliphatic carbocycles. The van der Waals surface area contributed by atoms with Crippen molar-refractivity contribution in [1.82, 2.24) is 9.80 Å². The molecular formula is C25H30F5N3O2S. The number of alkyl halides is 4. The Labute approximate surface area is 208 Å². The fourth-order valence-electron chi connectivity index (χ4n) is 5.04. The molecule has 2 aromatic rings. The minimum absolute atomic E-state index is 0.00976. The quantitative estimate of drug-likeness (QED) is 0.515. The number of hydrogen-bond donors (Lipinski definition) is 0. The van der Waals surface area contributed by atoms with Crippen LogP contribution in [-0.4, -0.2) is 82.1 Å². The zero-order valence-electron chi connectivity index (χ0n) is 20.0. The van der Waals surface area contributed by atoms with Crippen molar-refractivity contribution in [2.45, 2.75) is 35.6 Å². The molecule has 0 amide bonds. The standard InChI is InChI=1S/C25H30F5N3O2S/c1-36(34,35)22-4-2-3-21(15-22)32-13-14-33(23(16-32)19-5-7-20(26)8-6-19)17-24(27)9-11-31(12-10-24)18-25(28,29)30/h2-8,15,23H,9-14,16-18H2,1H3/t23-/m1/s1. The van der Waals surface area contributed by atoms with Crippen LogP contribution in [-0.2, 0) is 9.84 Å². The Morgan fingerprint density at radius 2 is 1.67 bits per heavy atom. The molecule has 11 heteroatoms. The first kappa shape index (κ1) is 26.8. The molecule has 0 radical (unpaired) electrons. The van der Waals surface area contributed by atoms with Crippen LogP contribution in [0.15, 0.2) is 53.4 Å². The summed E-state index contributed by atoms with van der Waals surface area (Å²) in [5, 5.41) is 0. The number of piperidine rings is 1. The van der Waals surface area contributed by atoms with Crippen LogP contribution < -0.4 is 4.90 Å². The highest BCUT2D eigenvalue weighted by Gasteiger charge is 2.42. The summed E-state index contributed by atoms with van der Waals surface area (Å²) in [7, 11) is -3.39. The summed E-state index contributed by atoms with van der Waals surface area (Å²) in [5.74, 6) is -0.391. The molecule has 0 bridgehead atoms. The zero-order chi connectivity index (χ0) is 26.1. The zero-order valence-corrected chi connectivity index (χ0v) is 20.8. The van der Waals surface area contributed by atoms with Gasteiger partial charge >= 0.3 is 6.18 Å². The predicted octanol–water partition coefficient (Wildman–Crippen LogP) is 4.46. The van der Waals surface area contributed by atoms with Gasteiger partial charge in [0.15, 0.2) is 9.84 Å². The summed E-state index contributed by atoms with van der Waals surface area (Å²) in [6, 6.07) is 12.3. The second kappa shape index (κ2) is 10.3. The number of nitrogens with zero attached hydrogens (tertiary/aromatic N) is 3. The molecule has 1 atom stereocenters. The molecule has 0 saturated carbocycles. The van der Waals surface area contributed by atoms with Gasteiger partial charge in [0.1, 0.15) is 11.5 Å². The van der Waals surface area contributed by atoms with E-state index in [2.05, 4.69) is 0 Å². The van der Waals surface area contributed by atoms with Gasteiger partial charge in [0, 0.05) is 51.2 Å². The van der Waals surface area contributed by atoms with Crippen LogP contribution >= 0.6 is 0 Å². The van der Waals surface area contributed by atoms with E-state index in [1.807, 2.05) is 15.9 Å². The average Bonchev–Trinajstić information content (AvgIpc) is 2.80. The lowest BCUT2D eigenvalue weighted by molar-refractivity contribution is -0.152. The summed E-state index contributed by atoms with van der Waals surface area (Å²) in [6.45, 7) is 0.503. The minimum Gasteiger partial charge on any atom is -0.368 e. The molecule has 2 aliphatic rings. The van der Waals surface area contributed by atoms with E-state index in [-0.39, 0.29) is 43.4 Å². The number of anilines is 1. The summed E-state index contributed by atoms with van der Waals surface area (Å²) < 4.78 is 91.7. The Morgan fingerprint density at radius 3 is 2.28 bits per heavy atom. The normalized spacial score (nSPS) is 22.1. The molecule has 0 N–H and O–H groups in total. The first-order valence-corrected chi connectivity index (χ1v) is 13.7. The third kappa shape index (κ3) is 6.74. The van der Waals surface area contributed by atoms with Gasteiger partial charge in [-0.25, -0.2) is 17.2 Å². The van der Waals surface area contributed by atoms with E-state index in [0.29, 0.717) is 19.6 Å². The van der Waals surface area contributed by atoms with Gasteiger partial charge in [-0.15, -0.1) is 0 Å². The van der Waals surface area contributed by atoms with Gasteiger partial charge in [0.05, 0.1) is 17.5 Å². The van der Waals surface area contributed by atoms with Crippen molar-refractivity contribution in [3.05, 3.63) is 59.9 Å². The van der Waals surface area contributed by atoms with Crippen molar-refractivity contribution in [1.29, 1.82) is 0 Å². The number of hydrogen-bond acceptors (Lipinski definition) is 5. The van der Waals surface area contributed by atoms with Gasteiger partial charge < -0.3 is 4.90 Å². The highest BCUT2D eigenvalue weighted by molar-refractivity contribution is 7.90. The molecule has 36 heavy (non-hydrogen) atoms. The molecule has 0 aromatic heterocycles. The van der Waals surface area contributed by atoms with Crippen molar-refractivity contribution >= 4 is 15.5 Å². The van der Waals surface area contributed by atoms with Crippen molar-refractivity contribution in [3.63, 3.8) is 0 Å². The van der Waals surface area contributed by atoms with Crippen LogP contribution in [0.3, 0.4) is 0 Å². The van der Waals surface area contributed by atoms with E-state index in [1.54, 1.807) is 24.3 Å². The van der Waals surface area contributed by atoms with Gasteiger partial charge in [-0.1, -0.05) is 18.2 Å². The van der Waals surface area contributed by atoms with Gasteiger partial charge in [0.25, 0.3) is 0 Å². The minimum atomic E-state index is -4.31. The lowest BCUT2D eigenvalue weighted by atomic mass is 9.90. The number of likely N-dealkylation sites (tertiary alicyclic amines) is 1. The van der Waals surface area contributed by atoms with Gasteiger partial charge in [-0.3, -0.25) is 9.80 Å². The maximum Gasteiger partial charge on any atom is 0.401 e. The highest BCUT2D eigenvalue weighted by Crippen LogP contribution is 2.35. The third-order valence-corrected chi connectivity index (χ3v) is 8.11. The number of rotatable bonds is 6.